The third kappa shape index (κ3) is 3.70. The summed E-state index contributed by atoms with van der Waals surface area (Å²) >= 11 is 3.28. The molecule has 21 heavy (non-hydrogen) atoms. The van der Waals surface area contributed by atoms with E-state index >= 15 is 0 Å². The average molecular weight is 350 g/mol. The Morgan fingerprint density at radius 2 is 1.95 bits per heavy atom. The first-order chi connectivity index (χ1) is 10.0. The Morgan fingerprint density at radius 3 is 2.62 bits per heavy atom. The van der Waals surface area contributed by atoms with Crippen LogP contribution < -0.4 is 0 Å². The smallest absolute Gasteiger partial charge is 0.257 e. The summed E-state index contributed by atoms with van der Waals surface area (Å²) in [5.41, 5.74) is 2.29. The van der Waals surface area contributed by atoms with Crippen LogP contribution in [0.15, 0.2) is 46.9 Å². The van der Waals surface area contributed by atoms with Crippen LogP contribution in [-0.2, 0) is 6.54 Å². The number of hydrogen-bond acceptors (Lipinski definition) is 1. The van der Waals surface area contributed by atoms with Crippen LogP contribution in [0.4, 0.5) is 4.39 Å². The predicted octanol–water partition coefficient (Wildman–Crippen LogP) is 4.56. The van der Waals surface area contributed by atoms with Gasteiger partial charge >= 0.3 is 0 Å². The van der Waals surface area contributed by atoms with Crippen molar-refractivity contribution in [2.45, 2.75) is 20.4 Å². The minimum absolute atomic E-state index is 0.0970. The molecule has 2 rings (SSSR count). The van der Waals surface area contributed by atoms with Gasteiger partial charge < -0.3 is 4.90 Å². The zero-order chi connectivity index (χ0) is 15.4. The highest BCUT2D eigenvalue weighted by atomic mass is 79.9. The Kier molecular flexibility index (Phi) is 5.12. The van der Waals surface area contributed by atoms with Gasteiger partial charge in [0.05, 0.1) is 5.56 Å². The van der Waals surface area contributed by atoms with Crippen LogP contribution in [0.1, 0.15) is 28.4 Å². The minimum atomic E-state index is -0.494. The first-order valence-electron chi connectivity index (χ1n) is 6.81. The summed E-state index contributed by atoms with van der Waals surface area (Å²) in [4.78, 5) is 14.2. The van der Waals surface area contributed by atoms with E-state index in [0.29, 0.717) is 17.6 Å². The highest BCUT2D eigenvalue weighted by molar-refractivity contribution is 9.10. The van der Waals surface area contributed by atoms with Gasteiger partial charge in [-0.25, -0.2) is 4.39 Å². The lowest BCUT2D eigenvalue weighted by atomic mass is 10.1. The summed E-state index contributed by atoms with van der Waals surface area (Å²) < 4.78 is 14.6. The molecule has 110 valence electrons. The van der Waals surface area contributed by atoms with Crippen molar-refractivity contribution >= 4 is 21.8 Å². The van der Waals surface area contributed by atoms with Crippen LogP contribution in [0, 0.1) is 12.7 Å². The summed E-state index contributed by atoms with van der Waals surface area (Å²) in [7, 11) is 0. The SMILES string of the molecule is CCN(Cc1ccccc1C)C(=O)c1cc(Br)ccc1F. The van der Waals surface area contributed by atoms with Crippen molar-refractivity contribution in [1.82, 2.24) is 4.90 Å². The maximum Gasteiger partial charge on any atom is 0.257 e. The number of halogens is 2. The van der Waals surface area contributed by atoms with Crippen LogP contribution in [0.2, 0.25) is 0 Å². The van der Waals surface area contributed by atoms with Crippen LogP contribution >= 0.6 is 15.9 Å². The summed E-state index contributed by atoms with van der Waals surface area (Å²) in [6.45, 7) is 4.91. The number of hydrogen-bond donors (Lipinski definition) is 0. The quantitative estimate of drug-likeness (QED) is 0.792. The van der Waals surface area contributed by atoms with E-state index in [9.17, 15) is 9.18 Å². The normalized spacial score (nSPS) is 10.5. The molecule has 0 aliphatic heterocycles. The van der Waals surface area contributed by atoms with E-state index in [1.54, 1.807) is 11.0 Å². The largest absolute Gasteiger partial charge is 0.334 e. The lowest BCUT2D eigenvalue weighted by Crippen LogP contribution is -2.31. The van der Waals surface area contributed by atoms with Gasteiger partial charge in [0.2, 0.25) is 0 Å². The van der Waals surface area contributed by atoms with E-state index in [1.165, 1.54) is 12.1 Å². The second-order valence-electron chi connectivity index (χ2n) is 4.87. The molecule has 4 heteroatoms. The molecule has 0 fully saturated rings. The summed E-state index contributed by atoms with van der Waals surface area (Å²) in [5, 5.41) is 0. The Bertz CT molecular complexity index is 657. The number of carbonyl (C=O) groups excluding carboxylic acids is 1. The van der Waals surface area contributed by atoms with Crippen molar-refractivity contribution in [3.05, 3.63) is 69.4 Å². The van der Waals surface area contributed by atoms with Gasteiger partial charge in [-0.1, -0.05) is 40.2 Å². The molecule has 0 aromatic heterocycles. The van der Waals surface area contributed by atoms with Crippen LogP contribution in [-0.4, -0.2) is 17.4 Å². The van der Waals surface area contributed by atoms with Gasteiger partial charge in [0, 0.05) is 17.6 Å². The molecule has 0 atom stereocenters. The molecule has 0 unspecified atom stereocenters. The third-order valence-corrected chi connectivity index (χ3v) is 3.94. The van der Waals surface area contributed by atoms with E-state index in [2.05, 4.69) is 15.9 Å². The summed E-state index contributed by atoms with van der Waals surface area (Å²) in [6.07, 6.45) is 0. The Balaban J connectivity index is 2.27. The standard InChI is InChI=1S/C17H17BrFNO/c1-3-20(11-13-7-5-4-6-12(13)2)17(21)15-10-14(18)8-9-16(15)19/h4-10H,3,11H2,1-2H3. The molecule has 0 radical (unpaired) electrons. The van der Waals surface area contributed by atoms with Crippen LogP contribution in [0.25, 0.3) is 0 Å². The number of aryl methyl sites for hydroxylation is 1. The van der Waals surface area contributed by atoms with E-state index in [-0.39, 0.29) is 11.5 Å². The van der Waals surface area contributed by atoms with Crippen LogP contribution in [0.5, 0.6) is 0 Å². The fourth-order valence-electron chi connectivity index (χ4n) is 2.15. The molecule has 2 nitrogen and oxygen atoms in total. The summed E-state index contributed by atoms with van der Waals surface area (Å²) in [6, 6.07) is 12.3. The van der Waals surface area contributed by atoms with Crippen molar-refractivity contribution in [2.24, 2.45) is 0 Å². The van der Waals surface area contributed by atoms with Gasteiger partial charge in [-0.3, -0.25) is 4.79 Å². The van der Waals surface area contributed by atoms with Gasteiger partial charge in [0.1, 0.15) is 5.82 Å². The van der Waals surface area contributed by atoms with Gasteiger partial charge in [0.15, 0.2) is 0 Å². The van der Waals surface area contributed by atoms with Crippen molar-refractivity contribution in [1.29, 1.82) is 0 Å². The lowest BCUT2D eigenvalue weighted by molar-refractivity contribution is 0.0747. The number of nitrogens with zero attached hydrogens (tertiary/aromatic N) is 1. The second kappa shape index (κ2) is 6.85. The van der Waals surface area contributed by atoms with Gasteiger partial charge in [-0.2, -0.15) is 0 Å². The fraction of sp³-hybridized carbons (Fsp3) is 0.235. The molecule has 2 aromatic carbocycles. The number of amides is 1. The second-order valence-corrected chi connectivity index (χ2v) is 5.79. The monoisotopic (exact) mass is 349 g/mol. The van der Waals surface area contributed by atoms with E-state index in [0.717, 1.165) is 11.1 Å². The van der Waals surface area contributed by atoms with Crippen molar-refractivity contribution in [2.75, 3.05) is 6.54 Å². The maximum atomic E-state index is 13.9. The average Bonchev–Trinajstić information content (AvgIpc) is 2.48. The molecule has 0 spiro atoms. The minimum Gasteiger partial charge on any atom is -0.334 e. The molecular weight excluding hydrogens is 333 g/mol. The molecule has 0 N–H and O–H groups in total. The van der Waals surface area contributed by atoms with Crippen molar-refractivity contribution in [3.8, 4) is 0 Å². The number of benzene rings is 2. The Hall–Kier alpha value is -1.68. The first-order valence-corrected chi connectivity index (χ1v) is 7.61. The first kappa shape index (κ1) is 15.7. The van der Waals surface area contributed by atoms with Gasteiger partial charge in [-0.05, 0) is 43.2 Å². The van der Waals surface area contributed by atoms with Crippen LogP contribution in [0.3, 0.4) is 0 Å². The molecule has 0 heterocycles. The zero-order valence-electron chi connectivity index (χ0n) is 12.1. The molecule has 0 saturated carbocycles. The van der Waals surface area contributed by atoms with E-state index < -0.39 is 5.82 Å². The maximum absolute atomic E-state index is 13.9. The Labute approximate surface area is 132 Å². The molecule has 0 aliphatic carbocycles. The van der Waals surface area contributed by atoms with Crippen molar-refractivity contribution < 1.29 is 9.18 Å². The molecule has 0 bridgehead atoms. The zero-order valence-corrected chi connectivity index (χ0v) is 13.7. The molecule has 0 aliphatic rings. The van der Waals surface area contributed by atoms with Gasteiger partial charge in [0.25, 0.3) is 5.91 Å². The number of rotatable bonds is 4. The van der Waals surface area contributed by atoms with E-state index in [4.69, 9.17) is 0 Å². The molecule has 2 aromatic rings. The van der Waals surface area contributed by atoms with Crippen molar-refractivity contribution in [3.63, 3.8) is 0 Å². The predicted molar refractivity (Wildman–Crippen MR) is 85.7 cm³/mol. The topological polar surface area (TPSA) is 20.3 Å². The molecule has 0 saturated heterocycles. The fourth-order valence-corrected chi connectivity index (χ4v) is 2.51. The summed E-state index contributed by atoms with van der Waals surface area (Å²) in [5.74, 6) is -0.786. The van der Waals surface area contributed by atoms with E-state index in [1.807, 2.05) is 38.1 Å². The Morgan fingerprint density at radius 1 is 1.24 bits per heavy atom. The third-order valence-electron chi connectivity index (χ3n) is 3.45. The molecular formula is C17H17BrFNO. The highest BCUT2D eigenvalue weighted by Gasteiger charge is 2.19. The molecule has 1 amide bonds. The highest BCUT2D eigenvalue weighted by Crippen LogP contribution is 2.19. The number of carbonyl (C=O) groups is 1. The van der Waals surface area contributed by atoms with Gasteiger partial charge in [-0.15, -0.1) is 0 Å². The lowest BCUT2D eigenvalue weighted by Gasteiger charge is -2.22.